The summed E-state index contributed by atoms with van der Waals surface area (Å²) in [6.45, 7) is 0.103. The Balaban J connectivity index is 1.49. The minimum Gasteiger partial charge on any atom is -0.465 e. The van der Waals surface area contributed by atoms with E-state index in [2.05, 4.69) is 4.99 Å². The van der Waals surface area contributed by atoms with Crippen molar-refractivity contribution in [2.24, 2.45) is 4.99 Å². The standard InChI is InChI=1S/C24H27F3N4O6S/c1-29(15-17-7-9-18(10-8-17)22-28-11-12-31(22)23(33)34)21(32)16-37-14-13-30(2)38(35,36)20-6-4-3-5-19(20)24(25,26)27/h3-10H,11-16H2,1-2H3,(H,33,34). The Bertz CT molecular complexity index is 1300. The summed E-state index contributed by atoms with van der Waals surface area (Å²) in [4.78, 5) is 29.6. The molecule has 1 heterocycles. The van der Waals surface area contributed by atoms with Gasteiger partial charge in [-0.05, 0) is 17.7 Å². The molecule has 10 nitrogen and oxygen atoms in total. The van der Waals surface area contributed by atoms with Gasteiger partial charge in [-0.15, -0.1) is 0 Å². The van der Waals surface area contributed by atoms with Gasteiger partial charge in [0.1, 0.15) is 12.4 Å². The number of carboxylic acid groups (broad SMARTS) is 1. The second-order valence-corrected chi connectivity index (χ2v) is 10.5. The molecule has 1 aliphatic heterocycles. The van der Waals surface area contributed by atoms with Crippen molar-refractivity contribution < 1.29 is 41.0 Å². The van der Waals surface area contributed by atoms with Crippen LogP contribution in [0.4, 0.5) is 18.0 Å². The molecule has 0 radical (unpaired) electrons. The SMILES string of the molecule is CN(Cc1ccc(C2=NCCN2C(=O)O)cc1)C(=O)COCCN(C)S(=O)(=O)c1ccccc1C(F)(F)F. The Morgan fingerprint density at radius 3 is 2.39 bits per heavy atom. The molecule has 1 aliphatic rings. The maximum atomic E-state index is 13.2. The predicted molar refractivity (Wildman–Crippen MR) is 131 cm³/mol. The number of nitrogens with zero attached hydrogens (tertiary/aromatic N) is 4. The summed E-state index contributed by atoms with van der Waals surface area (Å²) in [6, 6.07) is 10.9. The highest BCUT2D eigenvalue weighted by molar-refractivity contribution is 7.89. The van der Waals surface area contributed by atoms with Crippen LogP contribution in [0.1, 0.15) is 16.7 Å². The maximum Gasteiger partial charge on any atom is 0.417 e. The van der Waals surface area contributed by atoms with E-state index in [1.54, 1.807) is 31.3 Å². The molecular formula is C24H27F3N4O6S. The number of likely N-dealkylation sites (N-methyl/N-ethyl adjacent to an activating group) is 2. The number of hydrogen-bond donors (Lipinski definition) is 1. The van der Waals surface area contributed by atoms with Gasteiger partial charge in [0.05, 0.1) is 30.2 Å². The summed E-state index contributed by atoms with van der Waals surface area (Å²) >= 11 is 0. The fourth-order valence-electron chi connectivity index (χ4n) is 3.68. The quantitative estimate of drug-likeness (QED) is 0.450. The highest BCUT2D eigenvalue weighted by Gasteiger charge is 2.38. The van der Waals surface area contributed by atoms with E-state index in [-0.39, 0.29) is 32.2 Å². The third kappa shape index (κ3) is 6.88. The van der Waals surface area contributed by atoms with E-state index in [0.717, 1.165) is 29.0 Å². The number of carbonyl (C=O) groups is 2. The van der Waals surface area contributed by atoms with Gasteiger partial charge in [-0.25, -0.2) is 13.2 Å². The van der Waals surface area contributed by atoms with Gasteiger partial charge in [0.25, 0.3) is 0 Å². The molecule has 206 valence electrons. The van der Waals surface area contributed by atoms with Crippen molar-refractivity contribution in [2.75, 3.05) is 46.9 Å². The summed E-state index contributed by atoms with van der Waals surface area (Å²) in [6.07, 6.45) is -5.91. The number of hydrogen-bond acceptors (Lipinski definition) is 6. The van der Waals surface area contributed by atoms with Crippen LogP contribution in [0.25, 0.3) is 0 Å². The number of halogens is 3. The lowest BCUT2D eigenvalue weighted by molar-refractivity contribution is -0.140. The molecule has 3 rings (SSSR count). The second-order valence-electron chi connectivity index (χ2n) is 8.46. The smallest absolute Gasteiger partial charge is 0.417 e. The molecule has 0 atom stereocenters. The monoisotopic (exact) mass is 556 g/mol. The molecule has 0 saturated heterocycles. The first-order valence-corrected chi connectivity index (χ1v) is 12.8. The van der Waals surface area contributed by atoms with Crippen LogP contribution >= 0.6 is 0 Å². The Hall–Kier alpha value is -3.49. The predicted octanol–water partition coefficient (Wildman–Crippen LogP) is 2.74. The van der Waals surface area contributed by atoms with E-state index in [1.807, 2.05) is 0 Å². The van der Waals surface area contributed by atoms with Gasteiger partial charge in [0.15, 0.2) is 0 Å². The van der Waals surface area contributed by atoms with Gasteiger partial charge in [-0.2, -0.15) is 17.5 Å². The Kier molecular flexibility index (Phi) is 9.12. The number of alkyl halides is 3. The average molecular weight is 557 g/mol. The van der Waals surface area contributed by atoms with Crippen LogP contribution in [0.2, 0.25) is 0 Å². The van der Waals surface area contributed by atoms with Crippen molar-refractivity contribution in [3.8, 4) is 0 Å². The van der Waals surface area contributed by atoms with Gasteiger partial charge < -0.3 is 14.7 Å². The molecule has 2 amide bonds. The molecule has 0 fully saturated rings. The number of amidine groups is 1. The first-order valence-electron chi connectivity index (χ1n) is 11.4. The molecule has 0 spiro atoms. The number of amides is 2. The molecule has 0 aromatic heterocycles. The van der Waals surface area contributed by atoms with Crippen molar-refractivity contribution in [3.05, 3.63) is 65.2 Å². The van der Waals surface area contributed by atoms with Crippen LogP contribution in [-0.2, 0) is 32.3 Å². The van der Waals surface area contributed by atoms with E-state index >= 15 is 0 Å². The largest absolute Gasteiger partial charge is 0.465 e. The lowest BCUT2D eigenvalue weighted by Gasteiger charge is -2.21. The van der Waals surface area contributed by atoms with Gasteiger partial charge in [-0.3, -0.25) is 14.7 Å². The topological polar surface area (TPSA) is 120 Å². The van der Waals surface area contributed by atoms with Crippen molar-refractivity contribution in [1.29, 1.82) is 0 Å². The zero-order chi connectivity index (χ0) is 28.1. The number of rotatable bonds is 10. The van der Waals surface area contributed by atoms with Crippen molar-refractivity contribution in [2.45, 2.75) is 17.6 Å². The van der Waals surface area contributed by atoms with Crippen LogP contribution in [0, 0.1) is 0 Å². The number of carbonyl (C=O) groups excluding carboxylic acids is 1. The van der Waals surface area contributed by atoms with E-state index in [0.29, 0.717) is 30.6 Å². The van der Waals surface area contributed by atoms with E-state index in [4.69, 9.17) is 4.74 Å². The Labute approximate surface area is 218 Å². The maximum absolute atomic E-state index is 13.2. The van der Waals surface area contributed by atoms with Crippen LogP contribution in [0.15, 0.2) is 58.4 Å². The lowest BCUT2D eigenvalue weighted by Crippen LogP contribution is -2.34. The molecule has 0 unspecified atom stereocenters. The first kappa shape index (κ1) is 29.1. The summed E-state index contributed by atoms with van der Waals surface area (Å²) in [5.74, 6) is -0.0185. The third-order valence-electron chi connectivity index (χ3n) is 5.79. The van der Waals surface area contributed by atoms with Gasteiger partial charge >= 0.3 is 12.3 Å². The van der Waals surface area contributed by atoms with E-state index in [9.17, 15) is 36.3 Å². The molecule has 0 aliphatic carbocycles. The molecule has 14 heteroatoms. The van der Waals surface area contributed by atoms with E-state index in [1.165, 1.54) is 15.9 Å². The Morgan fingerprint density at radius 1 is 1.11 bits per heavy atom. The summed E-state index contributed by atoms with van der Waals surface area (Å²) in [7, 11) is -1.75. The van der Waals surface area contributed by atoms with E-state index < -0.39 is 32.8 Å². The third-order valence-corrected chi connectivity index (χ3v) is 7.70. The number of aliphatic imine (C=N–C) groups is 1. The summed E-state index contributed by atoms with van der Waals surface area (Å²) < 4.78 is 71.0. The minimum atomic E-state index is -4.83. The molecule has 0 bridgehead atoms. The van der Waals surface area contributed by atoms with Crippen LogP contribution in [0.5, 0.6) is 0 Å². The zero-order valence-electron chi connectivity index (χ0n) is 20.7. The molecule has 38 heavy (non-hydrogen) atoms. The average Bonchev–Trinajstić information content (AvgIpc) is 3.36. The van der Waals surface area contributed by atoms with Crippen molar-refractivity contribution >= 4 is 27.9 Å². The normalized spacial score (nSPS) is 14.1. The van der Waals surface area contributed by atoms with Gasteiger partial charge in [0, 0.05) is 32.7 Å². The summed E-state index contributed by atoms with van der Waals surface area (Å²) in [5, 5.41) is 9.25. The molecule has 2 aromatic carbocycles. The number of ether oxygens (including phenoxy) is 1. The molecule has 2 aromatic rings. The molecule has 1 N–H and O–H groups in total. The van der Waals surface area contributed by atoms with Crippen LogP contribution in [-0.4, -0.2) is 92.4 Å². The number of benzene rings is 2. The van der Waals surface area contributed by atoms with Crippen LogP contribution < -0.4 is 0 Å². The number of sulfonamides is 1. The van der Waals surface area contributed by atoms with Crippen molar-refractivity contribution in [1.82, 2.24) is 14.1 Å². The molecular weight excluding hydrogens is 529 g/mol. The van der Waals surface area contributed by atoms with Gasteiger partial charge in [-0.1, -0.05) is 36.4 Å². The second kappa shape index (κ2) is 11.9. The fraction of sp³-hybridized carbons (Fsp3) is 0.375. The van der Waals surface area contributed by atoms with Gasteiger partial charge in [0.2, 0.25) is 15.9 Å². The van der Waals surface area contributed by atoms with Crippen LogP contribution in [0.3, 0.4) is 0 Å². The fourth-order valence-corrected chi connectivity index (χ4v) is 5.04. The first-order chi connectivity index (χ1) is 17.8. The minimum absolute atomic E-state index is 0.208. The summed E-state index contributed by atoms with van der Waals surface area (Å²) in [5.41, 5.74) is 0.162. The lowest BCUT2D eigenvalue weighted by atomic mass is 10.1. The Morgan fingerprint density at radius 2 is 1.76 bits per heavy atom. The highest BCUT2D eigenvalue weighted by atomic mass is 32.2. The zero-order valence-corrected chi connectivity index (χ0v) is 21.5. The highest BCUT2D eigenvalue weighted by Crippen LogP contribution is 2.34. The van der Waals surface area contributed by atoms with Crippen molar-refractivity contribution in [3.63, 3.8) is 0 Å². The molecule has 0 saturated carbocycles.